The Balaban J connectivity index is 1.80. The topological polar surface area (TPSA) is 149 Å². The fourth-order valence-corrected chi connectivity index (χ4v) is 3.34. The standard InChI is InChI=1S/C25H17N3O6/c29-22-20(23(30)26-17-7-2-1-3-8-17)13-14-6-4-5-9-19(14)21(22)28-27-18-11-15(24(31)32)10-16(12-18)25(33)34/h1-13,29H,(H,26,30)(H,31,32)(H,33,34)/b28-27+. The number of carboxylic acid groups (broad SMARTS) is 2. The van der Waals surface area contributed by atoms with Crippen LogP contribution >= 0.6 is 0 Å². The lowest BCUT2D eigenvalue weighted by atomic mass is 10.0. The van der Waals surface area contributed by atoms with Gasteiger partial charge in [-0.25, -0.2) is 9.59 Å². The van der Waals surface area contributed by atoms with E-state index in [1.54, 1.807) is 54.6 Å². The number of hydrogen-bond donors (Lipinski definition) is 4. The first-order valence-corrected chi connectivity index (χ1v) is 9.98. The van der Waals surface area contributed by atoms with Crippen molar-refractivity contribution < 1.29 is 29.7 Å². The summed E-state index contributed by atoms with van der Waals surface area (Å²) in [6.07, 6.45) is 0. The minimum Gasteiger partial charge on any atom is -0.505 e. The molecule has 9 nitrogen and oxygen atoms in total. The smallest absolute Gasteiger partial charge is 0.335 e. The zero-order valence-electron chi connectivity index (χ0n) is 17.5. The van der Waals surface area contributed by atoms with Crippen LogP contribution < -0.4 is 5.32 Å². The Bertz CT molecular complexity index is 1430. The van der Waals surface area contributed by atoms with E-state index in [0.29, 0.717) is 16.5 Å². The number of amides is 1. The molecule has 0 unspecified atom stereocenters. The third-order valence-corrected chi connectivity index (χ3v) is 4.95. The highest BCUT2D eigenvalue weighted by Crippen LogP contribution is 2.39. The van der Waals surface area contributed by atoms with E-state index in [1.807, 2.05) is 0 Å². The third-order valence-electron chi connectivity index (χ3n) is 4.95. The molecule has 0 aliphatic carbocycles. The number of azo groups is 1. The number of nitrogens with zero attached hydrogens (tertiary/aromatic N) is 2. The van der Waals surface area contributed by atoms with Crippen molar-refractivity contribution in [2.45, 2.75) is 0 Å². The van der Waals surface area contributed by atoms with Crippen LogP contribution in [0.4, 0.5) is 17.1 Å². The second kappa shape index (κ2) is 9.21. The first-order valence-electron chi connectivity index (χ1n) is 9.98. The van der Waals surface area contributed by atoms with Gasteiger partial charge in [-0.3, -0.25) is 4.79 Å². The number of aromatic carboxylic acids is 2. The van der Waals surface area contributed by atoms with Gasteiger partial charge in [0.05, 0.1) is 22.4 Å². The third kappa shape index (κ3) is 4.58. The maximum atomic E-state index is 12.9. The van der Waals surface area contributed by atoms with E-state index in [0.717, 1.165) is 18.2 Å². The summed E-state index contributed by atoms with van der Waals surface area (Å²) in [6, 6.07) is 20.5. The largest absolute Gasteiger partial charge is 0.505 e. The maximum Gasteiger partial charge on any atom is 0.335 e. The molecule has 0 bridgehead atoms. The first-order chi connectivity index (χ1) is 16.3. The number of hydrogen-bond acceptors (Lipinski definition) is 6. The average molecular weight is 455 g/mol. The molecule has 4 aromatic rings. The van der Waals surface area contributed by atoms with Gasteiger partial charge in [-0.05, 0) is 41.8 Å². The number of benzene rings is 4. The molecule has 168 valence electrons. The van der Waals surface area contributed by atoms with Crippen molar-refractivity contribution in [3.8, 4) is 5.75 Å². The van der Waals surface area contributed by atoms with Crippen LogP contribution in [0.1, 0.15) is 31.1 Å². The first kappa shape index (κ1) is 22.2. The number of phenols is 1. The maximum absolute atomic E-state index is 12.9. The number of carbonyl (C=O) groups excluding carboxylic acids is 1. The lowest BCUT2D eigenvalue weighted by molar-refractivity contribution is 0.0696. The van der Waals surface area contributed by atoms with Crippen LogP contribution in [0.15, 0.2) is 89.1 Å². The highest BCUT2D eigenvalue weighted by Gasteiger charge is 2.19. The molecule has 0 spiro atoms. The van der Waals surface area contributed by atoms with Crippen molar-refractivity contribution in [1.82, 2.24) is 0 Å². The number of para-hydroxylation sites is 1. The number of phenolic OH excluding ortho intramolecular Hbond substituents is 1. The number of carboxylic acids is 2. The predicted octanol–water partition coefficient (Wildman–Crippen LogP) is 5.61. The minimum absolute atomic E-state index is 0.0195. The second-order valence-corrected chi connectivity index (χ2v) is 7.24. The average Bonchev–Trinajstić information content (AvgIpc) is 2.83. The summed E-state index contributed by atoms with van der Waals surface area (Å²) in [5, 5.41) is 41.2. The van der Waals surface area contributed by atoms with Gasteiger partial charge in [0.2, 0.25) is 0 Å². The monoisotopic (exact) mass is 455 g/mol. The normalized spacial score (nSPS) is 10.9. The van der Waals surface area contributed by atoms with Crippen molar-refractivity contribution in [3.05, 3.63) is 95.6 Å². The van der Waals surface area contributed by atoms with Gasteiger partial charge in [0.1, 0.15) is 5.69 Å². The molecular formula is C25H17N3O6. The molecule has 4 N–H and O–H groups in total. The van der Waals surface area contributed by atoms with Gasteiger partial charge in [-0.2, -0.15) is 5.11 Å². The van der Waals surface area contributed by atoms with Gasteiger partial charge in [-0.15, -0.1) is 5.11 Å². The molecule has 9 heteroatoms. The zero-order chi connectivity index (χ0) is 24.2. The van der Waals surface area contributed by atoms with E-state index in [4.69, 9.17) is 0 Å². The summed E-state index contributed by atoms with van der Waals surface area (Å²) in [6.45, 7) is 0. The lowest BCUT2D eigenvalue weighted by Crippen LogP contribution is -2.12. The lowest BCUT2D eigenvalue weighted by Gasteiger charge is -2.11. The molecule has 4 aromatic carbocycles. The Kier molecular flexibility index (Phi) is 6.00. The minimum atomic E-state index is -1.33. The molecule has 1 amide bonds. The van der Waals surface area contributed by atoms with E-state index in [9.17, 15) is 29.7 Å². The van der Waals surface area contributed by atoms with Crippen LogP contribution in [0, 0.1) is 0 Å². The van der Waals surface area contributed by atoms with Gasteiger partial charge < -0.3 is 20.6 Å². The highest BCUT2D eigenvalue weighted by atomic mass is 16.4. The van der Waals surface area contributed by atoms with E-state index in [1.165, 1.54) is 6.07 Å². The number of anilines is 1. The predicted molar refractivity (Wildman–Crippen MR) is 125 cm³/mol. The van der Waals surface area contributed by atoms with Gasteiger partial charge in [0.15, 0.2) is 5.75 Å². The number of nitrogens with one attached hydrogen (secondary N) is 1. The fraction of sp³-hybridized carbons (Fsp3) is 0. The molecular weight excluding hydrogens is 438 g/mol. The van der Waals surface area contributed by atoms with Crippen LogP contribution in [0.25, 0.3) is 10.8 Å². The molecule has 0 atom stereocenters. The van der Waals surface area contributed by atoms with E-state index in [2.05, 4.69) is 15.5 Å². The summed E-state index contributed by atoms with van der Waals surface area (Å²) in [5.41, 5.74) is -0.122. The molecule has 4 rings (SSSR count). The molecule has 34 heavy (non-hydrogen) atoms. The van der Waals surface area contributed by atoms with Crippen molar-refractivity contribution in [3.63, 3.8) is 0 Å². The summed E-state index contributed by atoms with van der Waals surface area (Å²) in [7, 11) is 0. The summed E-state index contributed by atoms with van der Waals surface area (Å²) >= 11 is 0. The number of aromatic hydroxyl groups is 1. The Morgan fingerprint density at radius 3 is 2.00 bits per heavy atom. The quantitative estimate of drug-likeness (QED) is 0.278. The van der Waals surface area contributed by atoms with E-state index >= 15 is 0 Å². The molecule has 0 heterocycles. The van der Waals surface area contributed by atoms with Crippen LogP contribution in [0.2, 0.25) is 0 Å². The molecule has 0 aliphatic rings. The Labute approximate surface area is 192 Å². The van der Waals surface area contributed by atoms with E-state index in [-0.39, 0.29) is 28.1 Å². The molecule has 0 radical (unpaired) electrons. The van der Waals surface area contributed by atoms with Crippen LogP contribution in [0.3, 0.4) is 0 Å². The van der Waals surface area contributed by atoms with Crippen molar-refractivity contribution in [2.24, 2.45) is 10.2 Å². The number of fused-ring (bicyclic) bond motifs is 1. The van der Waals surface area contributed by atoms with E-state index < -0.39 is 23.6 Å². The van der Waals surface area contributed by atoms with Crippen LogP contribution in [-0.2, 0) is 0 Å². The Hall–Kier alpha value is -5.05. The van der Waals surface area contributed by atoms with Gasteiger partial charge in [-0.1, -0.05) is 42.5 Å². The molecule has 0 saturated carbocycles. The second-order valence-electron chi connectivity index (χ2n) is 7.24. The van der Waals surface area contributed by atoms with Crippen LogP contribution in [-0.4, -0.2) is 33.2 Å². The van der Waals surface area contributed by atoms with Gasteiger partial charge in [0, 0.05) is 11.1 Å². The zero-order valence-corrected chi connectivity index (χ0v) is 17.5. The summed E-state index contributed by atoms with van der Waals surface area (Å²) in [5.74, 6) is -3.64. The SMILES string of the molecule is O=C(O)c1cc(/N=N/c2c(O)c(C(=O)Nc3ccccc3)cc3ccccc23)cc(C(=O)O)c1. The summed E-state index contributed by atoms with van der Waals surface area (Å²) in [4.78, 5) is 35.6. The number of carbonyl (C=O) groups is 3. The molecule has 0 fully saturated rings. The fourth-order valence-electron chi connectivity index (χ4n) is 3.34. The Morgan fingerprint density at radius 2 is 1.35 bits per heavy atom. The van der Waals surface area contributed by atoms with Crippen molar-refractivity contribution in [1.29, 1.82) is 0 Å². The molecule has 0 saturated heterocycles. The highest BCUT2D eigenvalue weighted by molar-refractivity contribution is 6.11. The summed E-state index contributed by atoms with van der Waals surface area (Å²) < 4.78 is 0. The van der Waals surface area contributed by atoms with Crippen molar-refractivity contribution >= 4 is 45.7 Å². The van der Waals surface area contributed by atoms with Crippen molar-refractivity contribution in [2.75, 3.05) is 5.32 Å². The molecule has 0 aromatic heterocycles. The van der Waals surface area contributed by atoms with Gasteiger partial charge >= 0.3 is 11.9 Å². The molecule has 0 aliphatic heterocycles. The Morgan fingerprint density at radius 1 is 0.735 bits per heavy atom. The number of rotatable bonds is 6. The van der Waals surface area contributed by atoms with Crippen LogP contribution in [0.5, 0.6) is 5.75 Å². The van der Waals surface area contributed by atoms with Gasteiger partial charge in [0.25, 0.3) is 5.91 Å².